The first-order chi connectivity index (χ1) is 10.2. The van der Waals surface area contributed by atoms with E-state index in [0.29, 0.717) is 5.95 Å². The van der Waals surface area contributed by atoms with Gasteiger partial charge in [-0.25, -0.2) is 4.98 Å². The number of nitrogens with zero attached hydrogens (tertiary/aromatic N) is 3. The smallest absolute Gasteiger partial charge is 0.224 e. The molecule has 21 heavy (non-hydrogen) atoms. The number of hydrogen-bond acceptors (Lipinski definition) is 5. The number of rotatable bonds is 4. The number of aryl methyl sites for hydroxylation is 1. The van der Waals surface area contributed by atoms with Crippen LogP contribution in [0.4, 0.5) is 11.8 Å². The van der Waals surface area contributed by atoms with Crippen LogP contribution >= 0.6 is 0 Å². The second kappa shape index (κ2) is 6.10. The quantitative estimate of drug-likeness (QED) is 0.897. The van der Waals surface area contributed by atoms with Gasteiger partial charge in [0.05, 0.1) is 0 Å². The number of hydrogen-bond donors (Lipinski definition) is 2. The lowest BCUT2D eigenvalue weighted by atomic mass is 10.1. The van der Waals surface area contributed by atoms with Crippen molar-refractivity contribution in [3.63, 3.8) is 0 Å². The normalized spacial score (nSPS) is 18.0. The van der Waals surface area contributed by atoms with Crippen LogP contribution in [0, 0.1) is 6.92 Å². The third-order valence-electron chi connectivity index (χ3n) is 3.76. The van der Waals surface area contributed by atoms with E-state index < -0.39 is 0 Å². The van der Waals surface area contributed by atoms with Crippen molar-refractivity contribution in [1.29, 1.82) is 0 Å². The molecule has 1 atom stereocenters. The highest BCUT2D eigenvalue weighted by atomic mass is 15.2. The minimum atomic E-state index is 0.254. The maximum absolute atomic E-state index is 5.95. The highest BCUT2D eigenvalue weighted by Crippen LogP contribution is 2.18. The standard InChI is InChI=1S/C16H21N5/c1-12-2-4-13(5-3-12)10-19-16-18-8-6-15(20-16)21-9-7-14(17)11-21/h2-6,8,14H,7,9-11,17H2,1H3,(H,18,19,20). The molecule has 110 valence electrons. The van der Waals surface area contributed by atoms with Gasteiger partial charge >= 0.3 is 0 Å². The van der Waals surface area contributed by atoms with Crippen LogP contribution in [-0.4, -0.2) is 29.1 Å². The molecule has 1 aliphatic heterocycles. The summed E-state index contributed by atoms with van der Waals surface area (Å²) in [6, 6.07) is 10.6. The number of nitrogens with one attached hydrogen (secondary N) is 1. The number of benzene rings is 1. The van der Waals surface area contributed by atoms with Crippen molar-refractivity contribution in [2.24, 2.45) is 5.73 Å². The molecule has 0 radical (unpaired) electrons. The molecule has 3 rings (SSSR count). The second-order valence-electron chi connectivity index (χ2n) is 5.57. The molecule has 1 saturated heterocycles. The molecule has 2 heterocycles. The Kier molecular flexibility index (Phi) is 4.01. The SMILES string of the molecule is Cc1ccc(CNc2nccc(N3CCC(N)C3)n2)cc1. The zero-order valence-electron chi connectivity index (χ0n) is 12.3. The topological polar surface area (TPSA) is 67.1 Å². The molecule has 1 aromatic carbocycles. The van der Waals surface area contributed by atoms with Crippen LogP contribution < -0.4 is 16.0 Å². The Morgan fingerprint density at radius 2 is 2.10 bits per heavy atom. The molecular formula is C16H21N5. The van der Waals surface area contributed by atoms with E-state index in [1.165, 1.54) is 11.1 Å². The zero-order chi connectivity index (χ0) is 14.7. The van der Waals surface area contributed by atoms with E-state index in [0.717, 1.165) is 31.9 Å². The van der Waals surface area contributed by atoms with Crippen molar-refractivity contribution < 1.29 is 0 Å². The van der Waals surface area contributed by atoms with Crippen molar-refractivity contribution in [3.05, 3.63) is 47.7 Å². The monoisotopic (exact) mass is 283 g/mol. The third kappa shape index (κ3) is 3.49. The minimum absolute atomic E-state index is 0.254. The molecule has 1 unspecified atom stereocenters. The summed E-state index contributed by atoms with van der Waals surface area (Å²) in [6.45, 7) is 4.65. The summed E-state index contributed by atoms with van der Waals surface area (Å²) in [4.78, 5) is 11.1. The molecule has 5 nitrogen and oxygen atoms in total. The fourth-order valence-electron chi connectivity index (χ4n) is 2.49. The highest BCUT2D eigenvalue weighted by Gasteiger charge is 2.20. The molecule has 1 aliphatic rings. The van der Waals surface area contributed by atoms with Crippen molar-refractivity contribution in [2.45, 2.75) is 25.9 Å². The molecule has 0 bridgehead atoms. The fourth-order valence-corrected chi connectivity index (χ4v) is 2.49. The summed E-state index contributed by atoms with van der Waals surface area (Å²) in [6.07, 6.45) is 2.82. The van der Waals surface area contributed by atoms with E-state index in [2.05, 4.69) is 51.4 Å². The Hall–Kier alpha value is -2.14. The lowest BCUT2D eigenvalue weighted by molar-refractivity contribution is 0.751. The molecule has 3 N–H and O–H groups in total. The van der Waals surface area contributed by atoms with E-state index in [1.807, 2.05) is 6.07 Å². The van der Waals surface area contributed by atoms with Crippen molar-refractivity contribution in [2.75, 3.05) is 23.3 Å². The molecule has 1 fully saturated rings. The zero-order valence-corrected chi connectivity index (χ0v) is 12.3. The van der Waals surface area contributed by atoms with Crippen LogP contribution in [0.2, 0.25) is 0 Å². The van der Waals surface area contributed by atoms with E-state index in [4.69, 9.17) is 5.73 Å². The Morgan fingerprint density at radius 3 is 2.81 bits per heavy atom. The van der Waals surface area contributed by atoms with E-state index in [1.54, 1.807) is 6.20 Å². The summed E-state index contributed by atoms with van der Waals surface area (Å²) in [7, 11) is 0. The third-order valence-corrected chi connectivity index (χ3v) is 3.76. The summed E-state index contributed by atoms with van der Waals surface area (Å²) >= 11 is 0. The summed E-state index contributed by atoms with van der Waals surface area (Å²) < 4.78 is 0. The van der Waals surface area contributed by atoms with Gasteiger partial charge in [-0.2, -0.15) is 4.98 Å². The van der Waals surface area contributed by atoms with Gasteiger partial charge in [0.1, 0.15) is 5.82 Å². The van der Waals surface area contributed by atoms with Crippen molar-refractivity contribution >= 4 is 11.8 Å². The largest absolute Gasteiger partial charge is 0.355 e. The molecule has 1 aromatic heterocycles. The molecule has 2 aromatic rings. The second-order valence-corrected chi connectivity index (χ2v) is 5.57. The average molecular weight is 283 g/mol. The van der Waals surface area contributed by atoms with E-state index in [9.17, 15) is 0 Å². The highest BCUT2D eigenvalue weighted by molar-refractivity contribution is 5.44. The Morgan fingerprint density at radius 1 is 1.29 bits per heavy atom. The molecule has 0 aliphatic carbocycles. The van der Waals surface area contributed by atoms with Gasteiger partial charge in [0.25, 0.3) is 0 Å². The van der Waals surface area contributed by atoms with Crippen molar-refractivity contribution in [3.8, 4) is 0 Å². The lowest BCUT2D eigenvalue weighted by Crippen LogP contribution is -2.27. The fraction of sp³-hybridized carbons (Fsp3) is 0.375. The number of nitrogens with two attached hydrogens (primary N) is 1. The first kappa shape index (κ1) is 13.8. The van der Waals surface area contributed by atoms with Gasteiger partial charge in [-0.3, -0.25) is 0 Å². The summed E-state index contributed by atoms with van der Waals surface area (Å²) in [5.74, 6) is 1.61. The molecular weight excluding hydrogens is 262 g/mol. The Labute approximate surface area is 125 Å². The maximum atomic E-state index is 5.95. The Balaban J connectivity index is 1.64. The van der Waals surface area contributed by atoms with Gasteiger partial charge < -0.3 is 16.0 Å². The molecule has 0 spiro atoms. The van der Waals surface area contributed by atoms with E-state index >= 15 is 0 Å². The molecule has 5 heteroatoms. The van der Waals surface area contributed by atoms with Crippen LogP contribution in [-0.2, 0) is 6.54 Å². The molecule has 0 amide bonds. The van der Waals surface area contributed by atoms with Crippen LogP contribution in [0.15, 0.2) is 36.5 Å². The average Bonchev–Trinajstić information content (AvgIpc) is 2.94. The van der Waals surface area contributed by atoms with Gasteiger partial charge in [0.15, 0.2) is 0 Å². The minimum Gasteiger partial charge on any atom is -0.355 e. The Bertz CT molecular complexity index is 596. The predicted molar refractivity (Wildman–Crippen MR) is 85.3 cm³/mol. The first-order valence-corrected chi connectivity index (χ1v) is 7.34. The van der Waals surface area contributed by atoms with E-state index in [-0.39, 0.29) is 6.04 Å². The van der Waals surface area contributed by atoms with Crippen LogP contribution in [0.1, 0.15) is 17.5 Å². The number of anilines is 2. The van der Waals surface area contributed by atoms with Gasteiger partial charge in [-0.15, -0.1) is 0 Å². The van der Waals surface area contributed by atoms with Crippen molar-refractivity contribution in [1.82, 2.24) is 9.97 Å². The molecule has 0 saturated carbocycles. The van der Waals surface area contributed by atoms with Crippen LogP contribution in [0.5, 0.6) is 0 Å². The van der Waals surface area contributed by atoms with Gasteiger partial charge in [0, 0.05) is 31.9 Å². The van der Waals surface area contributed by atoms with Crippen LogP contribution in [0.25, 0.3) is 0 Å². The van der Waals surface area contributed by atoms with Crippen LogP contribution in [0.3, 0.4) is 0 Å². The maximum Gasteiger partial charge on any atom is 0.224 e. The van der Waals surface area contributed by atoms with Gasteiger partial charge in [-0.1, -0.05) is 29.8 Å². The lowest BCUT2D eigenvalue weighted by Gasteiger charge is -2.17. The number of aromatic nitrogens is 2. The van der Waals surface area contributed by atoms with Gasteiger partial charge in [-0.05, 0) is 25.0 Å². The summed E-state index contributed by atoms with van der Waals surface area (Å²) in [5, 5.41) is 3.28. The first-order valence-electron chi connectivity index (χ1n) is 7.34. The predicted octanol–water partition coefficient (Wildman–Crippen LogP) is 1.93. The summed E-state index contributed by atoms with van der Waals surface area (Å²) in [5.41, 5.74) is 8.43. The van der Waals surface area contributed by atoms with Gasteiger partial charge in [0.2, 0.25) is 5.95 Å².